The number of hydrogen-bond donors (Lipinski definition) is 1. The summed E-state index contributed by atoms with van der Waals surface area (Å²) in [5.74, 6) is 1.48. The number of furan rings is 1. The molecule has 0 aliphatic heterocycles. The summed E-state index contributed by atoms with van der Waals surface area (Å²) in [5.41, 5.74) is 0. The summed E-state index contributed by atoms with van der Waals surface area (Å²) in [6.45, 7) is 1.87. The summed E-state index contributed by atoms with van der Waals surface area (Å²) in [7, 11) is 0. The number of rotatable bonds is 2. The molecule has 2 aromatic heterocycles. The van der Waals surface area contributed by atoms with Crippen LogP contribution < -0.4 is 5.32 Å². The second-order valence-corrected chi connectivity index (χ2v) is 3.71. The van der Waals surface area contributed by atoms with E-state index >= 15 is 0 Å². The van der Waals surface area contributed by atoms with Gasteiger partial charge < -0.3 is 9.73 Å². The third-order valence-corrected chi connectivity index (χ3v) is 2.40. The minimum atomic E-state index is 0.579. The zero-order valence-corrected chi connectivity index (χ0v) is 8.26. The van der Waals surface area contributed by atoms with Gasteiger partial charge in [0.05, 0.1) is 6.20 Å². The lowest BCUT2D eigenvalue weighted by Crippen LogP contribution is -1.85. The number of nitrogens with zero attached hydrogens (tertiary/aromatic N) is 2. The largest absolute Gasteiger partial charge is 0.446 e. The molecule has 1 N–H and O–H groups in total. The van der Waals surface area contributed by atoms with E-state index in [-0.39, 0.29) is 0 Å². The number of aromatic nitrogens is 1. The van der Waals surface area contributed by atoms with Crippen LogP contribution in [-0.2, 0) is 0 Å². The molecule has 0 saturated carbocycles. The first kappa shape index (κ1) is 8.78. The van der Waals surface area contributed by atoms with Crippen molar-refractivity contribution in [3.8, 4) is 6.07 Å². The van der Waals surface area contributed by atoms with E-state index in [2.05, 4.69) is 10.3 Å². The number of anilines is 2. The van der Waals surface area contributed by atoms with Crippen LogP contribution in [-0.4, -0.2) is 4.98 Å². The monoisotopic (exact) mass is 205 g/mol. The summed E-state index contributed by atoms with van der Waals surface area (Å²) in [4.78, 5) is 4.60. The second-order valence-electron chi connectivity index (χ2n) is 2.68. The summed E-state index contributed by atoms with van der Waals surface area (Å²) >= 11 is 1.29. The predicted octanol–water partition coefficient (Wildman–Crippen LogP) is 2.66. The van der Waals surface area contributed by atoms with E-state index in [1.165, 1.54) is 17.5 Å². The van der Waals surface area contributed by atoms with Gasteiger partial charge >= 0.3 is 0 Å². The molecule has 0 atom stereocenters. The molecule has 0 aromatic carbocycles. The number of hydrogen-bond acceptors (Lipinski definition) is 5. The van der Waals surface area contributed by atoms with E-state index < -0.39 is 0 Å². The molecule has 5 heteroatoms. The molecule has 0 fully saturated rings. The molecule has 2 aromatic rings. The average Bonchev–Trinajstić information content (AvgIpc) is 2.76. The van der Waals surface area contributed by atoms with Crippen molar-refractivity contribution in [3.63, 3.8) is 0 Å². The molecule has 0 spiro atoms. The lowest BCUT2D eigenvalue weighted by Gasteiger charge is -1.94. The first-order chi connectivity index (χ1) is 6.78. The smallest absolute Gasteiger partial charge is 0.199 e. The lowest BCUT2D eigenvalue weighted by atomic mass is 10.5. The van der Waals surface area contributed by atoms with Crippen LogP contribution in [0.1, 0.15) is 10.6 Å². The molecule has 2 heterocycles. The molecular weight excluding hydrogens is 198 g/mol. The van der Waals surface area contributed by atoms with Crippen LogP contribution in [0.3, 0.4) is 0 Å². The highest BCUT2D eigenvalue weighted by atomic mass is 32.1. The molecular formula is C9H7N3OS. The van der Waals surface area contributed by atoms with Gasteiger partial charge in [-0.05, 0) is 13.0 Å². The molecule has 0 bridgehead atoms. The van der Waals surface area contributed by atoms with Crippen molar-refractivity contribution in [1.82, 2.24) is 4.98 Å². The first-order valence-electron chi connectivity index (χ1n) is 3.97. The van der Waals surface area contributed by atoms with Crippen LogP contribution in [0.5, 0.6) is 0 Å². The Morgan fingerprint density at radius 2 is 2.43 bits per heavy atom. The molecule has 0 saturated heterocycles. The van der Waals surface area contributed by atoms with Gasteiger partial charge in [-0.15, -0.1) is 0 Å². The molecule has 0 amide bonds. The second kappa shape index (κ2) is 3.52. The Morgan fingerprint density at radius 1 is 1.57 bits per heavy atom. The maximum Gasteiger partial charge on any atom is 0.199 e. The van der Waals surface area contributed by atoms with Crippen LogP contribution in [0.15, 0.2) is 22.7 Å². The third-order valence-electron chi connectivity index (χ3n) is 1.59. The normalized spacial score (nSPS) is 9.71. The highest BCUT2D eigenvalue weighted by molar-refractivity contribution is 7.16. The van der Waals surface area contributed by atoms with Gasteiger partial charge in [0.15, 0.2) is 11.0 Å². The Morgan fingerprint density at radius 3 is 3.00 bits per heavy atom. The highest BCUT2D eigenvalue weighted by Gasteiger charge is 2.03. The first-order valence-corrected chi connectivity index (χ1v) is 4.79. The fourth-order valence-corrected chi connectivity index (χ4v) is 1.61. The molecule has 70 valence electrons. The zero-order valence-electron chi connectivity index (χ0n) is 7.44. The van der Waals surface area contributed by atoms with E-state index in [1.54, 1.807) is 0 Å². The van der Waals surface area contributed by atoms with Crippen molar-refractivity contribution in [2.75, 3.05) is 5.32 Å². The minimum Gasteiger partial charge on any atom is -0.446 e. The highest BCUT2D eigenvalue weighted by Crippen LogP contribution is 2.22. The van der Waals surface area contributed by atoms with Gasteiger partial charge in [0.1, 0.15) is 16.7 Å². The Hall–Kier alpha value is -1.80. The zero-order chi connectivity index (χ0) is 9.97. The number of thiazole rings is 1. The molecule has 4 nitrogen and oxygen atoms in total. The Labute approximate surface area is 84.8 Å². The Balaban J connectivity index is 2.15. The van der Waals surface area contributed by atoms with Crippen LogP contribution in [0, 0.1) is 18.3 Å². The van der Waals surface area contributed by atoms with Crippen molar-refractivity contribution in [2.45, 2.75) is 6.92 Å². The van der Waals surface area contributed by atoms with Crippen molar-refractivity contribution in [2.24, 2.45) is 0 Å². The molecule has 0 aliphatic carbocycles. The van der Waals surface area contributed by atoms with E-state index in [0.717, 1.165) is 5.76 Å². The average molecular weight is 205 g/mol. The summed E-state index contributed by atoms with van der Waals surface area (Å²) in [5, 5.41) is 12.2. The third kappa shape index (κ3) is 1.75. The fraction of sp³-hybridized carbons (Fsp3) is 0.111. The topological polar surface area (TPSA) is 61.9 Å². The fourth-order valence-electron chi connectivity index (χ4n) is 0.991. The van der Waals surface area contributed by atoms with Crippen molar-refractivity contribution in [3.05, 3.63) is 29.0 Å². The van der Waals surface area contributed by atoms with E-state index in [4.69, 9.17) is 9.68 Å². The predicted molar refractivity (Wildman–Crippen MR) is 53.6 cm³/mol. The van der Waals surface area contributed by atoms with Gasteiger partial charge in [-0.3, -0.25) is 0 Å². The molecule has 14 heavy (non-hydrogen) atoms. The Bertz CT molecular complexity index is 480. The van der Waals surface area contributed by atoms with Gasteiger partial charge in [-0.1, -0.05) is 11.3 Å². The van der Waals surface area contributed by atoms with Gasteiger partial charge in [0, 0.05) is 6.07 Å². The molecule has 0 aliphatic rings. The van der Waals surface area contributed by atoms with Gasteiger partial charge in [-0.25, -0.2) is 4.98 Å². The standard InChI is InChI=1S/C9H7N3OS/c1-6-2-3-8(13-6)12-9-11-5-7(4-10)14-9/h2-3,5H,1H3,(H,11,12). The van der Waals surface area contributed by atoms with Crippen LogP contribution in [0.25, 0.3) is 0 Å². The summed E-state index contributed by atoms with van der Waals surface area (Å²) < 4.78 is 5.30. The van der Waals surface area contributed by atoms with E-state index in [9.17, 15) is 0 Å². The van der Waals surface area contributed by atoms with Gasteiger partial charge in [0.25, 0.3) is 0 Å². The van der Waals surface area contributed by atoms with Crippen molar-refractivity contribution < 1.29 is 4.42 Å². The van der Waals surface area contributed by atoms with Crippen LogP contribution in [0.4, 0.5) is 11.0 Å². The minimum absolute atomic E-state index is 0.579. The quantitative estimate of drug-likeness (QED) is 0.818. The van der Waals surface area contributed by atoms with Crippen LogP contribution in [0.2, 0.25) is 0 Å². The number of nitriles is 1. The molecule has 0 unspecified atom stereocenters. The molecule has 0 radical (unpaired) electrons. The van der Waals surface area contributed by atoms with E-state index in [0.29, 0.717) is 15.9 Å². The number of nitrogens with one attached hydrogen (secondary N) is 1. The molecule has 2 rings (SSSR count). The Kier molecular flexibility index (Phi) is 2.21. The summed E-state index contributed by atoms with van der Waals surface area (Å²) in [6, 6.07) is 5.71. The van der Waals surface area contributed by atoms with Crippen molar-refractivity contribution >= 4 is 22.4 Å². The summed E-state index contributed by atoms with van der Waals surface area (Å²) in [6.07, 6.45) is 1.53. The van der Waals surface area contributed by atoms with Crippen LogP contribution >= 0.6 is 11.3 Å². The van der Waals surface area contributed by atoms with Gasteiger partial charge in [0.2, 0.25) is 0 Å². The SMILES string of the molecule is Cc1ccc(Nc2ncc(C#N)s2)o1. The number of aryl methyl sites for hydroxylation is 1. The maximum absolute atomic E-state index is 8.59. The van der Waals surface area contributed by atoms with E-state index in [1.807, 2.05) is 25.1 Å². The lowest BCUT2D eigenvalue weighted by molar-refractivity contribution is 0.551. The van der Waals surface area contributed by atoms with Crippen molar-refractivity contribution in [1.29, 1.82) is 5.26 Å². The van der Waals surface area contributed by atoms with Gasteiger partial charge in [-0.2, -0.15) is 5.26 Å². The maximum atomic E-state index is 8.59.